The van der Waals surface area contributed by atoms with Gasteiger partial charge in [0.15, 0.2) is 0 Å². The van der Waals surface area contributed by atoms with Crippen LogP contribution in [0.15, 0.2) is 66.0 Å². The average molecular weight is 539 g/mol. The van der Waals surface area contributed by atoms with E-state index >= 15 is 0 Å². The fourth-order valence-corrected chi connectivity index (χ4v) is 5.39. The lowest BCUT2D eigenvalue weighted by molar-refractivity contribution is 0.146. The second kappa shape index (κ2) is 12.6. The molecule has 0 spiro atoms. The van der Waals surface area contributed by atoms with Crippen LogP contribution in [0.3, 0.4) is 0 Å². The third-order valence-electron chi connectivity index (χ3n) is 6.49. The van der Waals surface area contributed by atoms with Gasteiger partial charge < -0.3 is 14.2 Å². The lowest BCUT2D eigenvalue weighted by Gasteiger charge is -2.12. The summed E-state index contributed by atoms with van der Waals surface area (Å²) in [5.41, 5.74) is 5.81. The number of benzene rings is 3. The molecule has 39 heavy (non-hydrogen) atoms. The summed E-state index contributed by atoms with van der Waals surface area (Å²) in [4.78, 5) is 0. The van der Waals surface area contributed by atoms with Crippen LogP contribution in [-0.2, 0) is 17.8 Å². The first-order valence-corrected chi connectivity index (χ1v) is 13.6. The normalized spacial score (nSPS) is 11.7. The number of methoxy groups -OCH3 is 1. The average Bonchev–Trinajstić information content (AvgIpc) is 3.63. The Morgan fingerprint density at radius 3 is 2.56 bits per heavy atom. The number of rotatable bonds is 11. The molecule has 8 heteroatoms. The Hall–Kier alpha value is -4.19. The van der Waals surface area contributed by atoms with Crippen molar-refractivity contribution in [1.29, 1.82) is 0 Å². The summed E-state index contributed by atoms with van der Waals surface area (Å²) in [5.74, 6) is 8.64. The van der Waals surface area contributed by atoms with Crippen molar-refractivity contribution in [1.82, 2.24) is 20.6 Å². The third kappa shape index (κ3) is 6.45. The Balaban J connectivity index is 1.30. The van der Waals surface area contributed by atoms with Crippen LogP contribution in [0, 0.1) is 18.8 Å². The fraction of sp³-hybridized carbons (Fsp3) is 0.258. The van der Waals surface area contributed by atoms with Gasteiger partial charge in [-0.2, -0.15) is 0 Å². The number of aromatic amines is 1. The highest BCUT2D eigenvalue weighted by atomic mass is 32.1. The number of aromatic nitrogens is 4. The summed E-state index contributed by atoms with van der Waals surface area (Å²) >= 11 is 1.75. The van der Waals surface area contributed by atoms with Crippen LogP contribution in [0.4, 0.5) is 0 Å². The van der Waals surface area contributed by atoms with Gasteiger partial charge in [-0.05, 0) is 88.3 Å². The van der Waals surface area contributed by atoms with Crippen LogP contribution in [0.1, 0.15) is 35.4 Å². The van der Waals surface area contributed by atoms with Gasteiger partial charge in [-0.15, -0.1) is 22.4 Å². The first kappa shape index (κ1) is 26.4. The standard InChI is InChI=1S/C31H30N4O3S/c1-4-5-24(17-31-32-34-35-33-31)23-8-11-25(12-9-23)38-19-22-7-13-30-28(16-22)29(20-39-30)27-18-26(10-6-21(27)2)37-15-14-36-3/h6-13,16,18,20,24H,14-15,17,19H2,1-3H3,(H,32,33,34,35)/t24-/m0/s1. The molecule has 2 aromatic heterocycles. The molecule has 0 aliphatic heterocycles. The largest absolute Gasteiger partial charge is 0.491 e. The SMILES string of the molecule is CC#C[C@@H](Cc1nnn[nH]1)c1ccc(OCc2ccc3scc(-c4cc(OCCOC)ccc4C)c3c2)cc1. The maximum Gasteiger partial charge on any atom is 0.150 e. The molecule has 0 bridgehead atoms. The van der Waals surface area contributed by atoms with E-state index in [-0.39, 0.29) is 5.92 Å². The van der Waals surface area contributed by atoms with Gasteiger partial charge in [0, 0.05) is 29.2 Å². The Kier molecular flexibility index (Phi) is 8.51. The number of nitrogens with one attached hydrogen (secondary N) is 1. The van der Waals surface area contributed by atoms with Crippen molar-refractivity contribution in [2.75, 3.05) is 20.3 Å². The molecule has 0 radical (unpaired) electrons. The lowest BCUT2D eigenvalue weighted by Crippen LogP contribution is -2.04. The summed E-state index contributed by atoms with van der Waals surface area (Å²) in [5, 5.41) is 17.6. The van der Waals surface area contributed by atoms with Gasteiger partial charge in [0.2, 0.25) is 0 Å². The molecule has 1 N–H and O–H groups in total. The molecule has 0 saturated heterocycles. The van der Waals surface area contributed by atoms with Crippen LogP contribution >= 0.6 is 11.3 Å². The highest BCUT2D eigenvalue weighted by Gasteiger charge is 2.14. The minimum Gasteiger partial charge on any atom is -0.491 e. The van der Waals surface area contributed by atoms with Gasteiger partial charge in [-0.1, -0.05) is 30.2 Å². The molecule has 0 saturated carbocycles. The zero-order chi connectivity index (χ0) is 27.0. The van der Waals surface area contributed by atoms with Gasteiger partial charge in [0.05, 0.1) is 12.5 Å². The number of H-pyrrole nitrogens is 1. The molecule has 198 valence electrons. The maximum atomic E-state index is 6.16. The quantitative estimate of drug-likeness (QED) is 0.156. The summed E-state index contributed by atoms with van der Waals surface area (Å²) in [6, 6.07) is 20.9. The van der Waals surface area contributed by atoms with E-state index < -0.39 is 0 Å². The number of fused-ring (bicyclic) bond motifs is 1. The molecule has 0 amide bonds. The second-order valence-corrected chi connectivity index (χ2v) is 10.1. The zero-order valence-electron chi connectivity index (χ0n) is 22.2. The van der Waals surface area contributed by atoms with E-state index in [1.54, 1.807) is 18.4 Å². The number of aryl methyl sites for hydroxylation is 1. The number of tetrazole rings is 1. The van der Waals surface area contributed by atoms with Crippen LogP contribution in [0.2, 0.25) is 0 Å². The molecular weight excluding hydrogens is 508 g/mol. The van der Waals surface area contributed by atoms with Crippen LogP contribution in [-0.4, -0.2) is 40.9 Å². The zero-order valence-corrected chi connectivity index (χ0v) is 23.0. The predicted octanol–water partition coefficient (Wildman–Crippen LogP) is 6.34. The number of hydrogen-bond donors (Lipinski definition) is 1. The van der Waals surface area contributed by atoms with Gasteiger partial charge in [-0.25, -0.2) is 5.10 Å². The topological polar surface area (TPSA) is 82.2 Å². The van der Waals surface area contributed by atoms with Crippen molar-refractivity contribution in [3.8, 4) is 34.5 Å². The Morgan fingerprint density at radius 1 is 0.949 bits per heavy atom. The van der Waals surface area contributed by atoms with Crippen molar-refractivity contribution in [2.45, 2.75) is 32.8 Å². The minimum absolute atomic E-state index is 0.00514. The molecule has 7 nitrogen and oxygen atoms in total. The van der Waals surface area contributed by atoms with E-state index in [0.717, 1.165) is 22.6 Å². The van der Waals surface area contributed by atoms with E-state index in [1.165, 1.54) is 26.8 Å². The van der Waals surface area contributed by atoms with Gasteiger partial charge in [-0.3, -0.25) is 0 Å². The number of thiophene rings is 1. The van der Waals surface area contributed by atoms with Crippen molar-refractivity contribution in [3.63, 3.8) is 0 Å². The van der Waals surface area contributed by atoms with Crippen LogP contribution in [0.5, 0.6) is 11.5 Å². The summed E-state index contributed by atoms with van der Waals surface area (Å²) in [6.45, 7) is 5.54. The van der Waals surface area contributed by atoms with Crippen LogP contribution in [0.25, 0.3) is 21.2 Å². The van der Waals surface area contributed by atoms with Gasteiger partial charge in [0.1, 0.15) is 30.5 Å². The number of hydrogen-bond acceptors (Lipinski definition) is 7. The number of ether oxygens (including phenoxy) is 3. The smallest absolute Gasteiger partial charge is 0.150 e. The van der Waals surface area contributed by atoms with Gasteiger partial charge >= 0.3 is 0 Å². The monoisotopic (exact) mass is 538 g/mol. The third-order valence-corrected chi connectivity index (χ3v) is 7.45. The maximum absolute atomic E-state index is 6.16. The first-order valence-electron chi connectivity index (χ1n) is 12.7. The summed E-state index contributed by atoms with van der Waals surface area (Å²) < 4.78 is 18.4. The molecule has 0 fully saturated rings. The van der Waals surface area contributed by atoms with Gasteiger partial charge in [0.25, 0.3) is 0 Å². The van der Waals surface area contributed by atoms with Crippen molar-refractivity contribution >= 4 is 21.4 Å². The first-order chi connectivity index (χ1) is 19.1. The summed E-state index contributed by atoms with van der Waals surface area (Å²) in [6.07, 6.45) is 0.624. The molecule has 5 rings (SSSR count). The Morgan fingerprint density at radius 2 is 1.79 bits per heavy atom. The van der Waals surface area contributed by atoms with Crippen molar-refractivity contribution in [3.05, 3.63) is 88.6 Å². The Bertz CT molecular complexity index is 1580. The van der Waals surface area contributed by atoms with E-state index in [0.29, 0.717) is 32.1 Å². The Labute approximate surface area is 232 Å². The van der Waals surface area contributed by atoms with E-state index in [4.69, 9.17) is 14.2 Å². The lowest BCUT2D eigenvalue weighted by atomic mass is 9.96. The molecule has 3 aromatic carbocycles. The predicted molar refractivity (Wildman–Crippen MR) is 154 cm³/mol. The number of nitrogens with zero attached hydrogens (tertiary/aromatic N) is 3. The molecule has 2 heterocycles. The second-order valence-electron chi connectivity index (χ2n) is 9.15. The minimum atomic E-state index is 0.00514. The molecule has 0 unspecified atom stereocenters. The van der Waals surface area contributed by atoms with Crippen molar-refractivity contribution in [2.24, 2.45) is 0 Å². The van der Waals surface area contributed by atoms with E-state index in [1.807, 2.05) is 25.1 Å². The molecule has 0 aliphatic carbocycles. The van der Waals surface area contributed by atoms with E-state index in [9.17, 15) is 0 Å². The molecule has 1 atom stereocenters. The molecule has 0 aliphatic rings. The van der Waals surface area contributed by atoms with Crippen molar-refractivity contribution < 1.29 is 14.2 Å². The van der Waals surface area contributed by atoms with E-state index in [2.05, 4.69) is 87.2 Å². The highest BCUT2D eigenvalue weighted by molar-refractivity contribution is 7.17. The summed E-state index contributed by atoms with van der Waals surface area (Å²) in [7, 11) is 1.68. The van der Waals surface area contributed by atoms with Crippen LogP contribution < -0.4 is 9.47 Å². The molecule has 5 aromatic rings. The molecular formula is C31H30N4O3S. The fourth-order valence-electron chi connectivity index (χ4n) is 4.45. The highest BCUT2D eigenvalue weighted by Crippen LogP contribution is 2.38.